The Bertz CT molecular complexity index is 755. The molecule has 0 saturated carbocycles. The highest BCUT2D eigenvalue weighted by molar-refractivity contribution is 5.79. The molecule has 0 atom stereocenters. The van der Waals surface area contributed by atoms with E-state index >= 15 is 0 Å². The van der Waals surface area contributed by atoms with Gasteiger partial charge in [-0.05, 0) is 72.2 Å². The predicted molar refractivity (Wildman–Crippen MR) is 119 cm³/mol. The average Bonchev–Trinajstić information content (AvgIpc) is 2.69. The molecule has 3 aromatic carbocycles. The van der Waals surface area contributed by atoms with Gasteiger partial charge in [0.1, 0.15) is 0 Å². The Hall–Kier alpha value is -2.34. The van der Waals surface area contributed by atoms with Crippen molar-refractivity contribution in [2.45, 2.75) is 55.4 Å². The summed E-state index contributed by atoms with van der Waals surface area (Å²) < 4.78 is 0. The molecular weight excluding hydrogens is 312 g/mol. The molecule has 0 amide bonds. The summed E-state index contributed by atoms with van der Waals surface area (Å²) in [5, 5.41) is 0. The van der Waals surface area contributed by atoms with Crippen molar-refractivity contribution in [1.29, 1.82) is 0 Å². The van der Waals surface area contributed by atoms with Gasteiger partial charge in [0.2, 0.25) is 0 Å². The first-order chi connectivity index (χ1) is 12.6. The van der Waals surface area contributed by atoms with Crippen LogP contribution in [0.15, 0.2) is 60.7 Å². The molecule has 0 spiro atoms. The first kappa shape index (κ1) is 21.7. The molecular formula is C26H34. The van der Waals surface area contributed by atoms with Crippen molar-refractivity contribution >= 4 is 0 Å². The highest BCUT2D eigenvalue weighted by Gasteiger charge is 2.11. The molecule has 0 aromatic heterocycles. The van der Waals surface area contributed by atoms with Gasteiger partial charge in [-0.2, -0.15) is 0 Å². The Morgan fingerprint density at radius 2 is 0.692 bits per heavy atom. The van der Waals surface area contributed by atoms with E-state index in [1.54, 1.807) is 0 Å². The molecule has 0 saturated heterocycles. The molecule has 0 aliphatic heterocycles. The number of hydrogen-bond donors (Lipinski definition) is 0. The summed E-state index contributed by atoms with van der Waals surface area (Å²) in [6, 6.07) is 21.8. The third kappa shape index (κ3) is 4.64. The summed E-state index contributed by atoms with van der Waals surface area (Å²) in [5.41, 5.74) is 10.7. The van der Waals surface area contributed by atoms with Crippen molar-refractivity contribution in [2.24, 2.45) is 0 Å². The monoisotopic (exact) mass is 346 g/mol. The van der Waals surface area contributed by atoms with Crippen LogP contribution in [0, 0.1) is 27.7 Å². The van der Waals surface area contributed by atoms with E-state index in [0.717, 1.165) is 0 Å². The number of benzene rings is 3. The maximum absolute atomic E-state index is 2.27. The van der Waals surface area contributed by atoms with Gasteiger partial charge in [-0.15, -0.1) is 0 Å². The van der Waals surface area contributed by atoms with Crippen LogP contribution in [0.25, 0.3) is 22.3 Å². The fraction of sp³-hybridized carbons (Fsp3) is 0.308. The molecule has 26 heavy (non-hydrogen) atoms. The molecule has 0 bridgehead atoms. The third-order valence-electron chi connectivity index (χ3n) is 4.66. The van der Waals surface area contributed by atoms with E-state index in [1.807, 2.05) is 27.7 Å². The molecule has 0 N–H and O–H groups in total. The first-order valence-corrected chi connectivity index (χ1v) is 9.82. The largest absolute Gasteiger partial charge is 0.0683 e. The van der Waals surface area contributed by atoms with Gasteiger partial charge in [0.25, 0.3) is 0 Å². The molecule has 0 unspecified atom stereocenters. The zero-order valence-corrected chi connectivity index (χ0v) is 17.8. The molecule has 0 nitrogen and oxygen atoms in total. The van der Waals surface area contributed by atoms with Crippen molar-refractivity contribution < 1.29 is 0 Å². The maximum Gasteiger partial charge on any atom is -0.0149 e. The Balaban J connectivity index is 0.000000791. The Kier molecular flexibility index (Phi) is 8.85. The molecule has 0 heteroatoms. The SMILES string of the molecule is CC.CC.Cc1ccccc1-c1ccc(-c2ccccc2C)c(C)c1C. The number of hydrogen-bond acceptors (Lipinski definition) is 0. The van der Waals surface area contributed by atoms with Crippen molar-refractivity contribution in [3.63, 3.8) is 0 Å². The van der Waals surface area contributed by atoms with Crippen LogP contribution in [0.3, 0.4) is 0 Å². The van der Waals surface area contributed by atoms with Crippen LogP contribution in [0.1, 0.15) is 49.9 Å². The van der Waals surface area contributed by atoms with Gasteiger partial charge in [-0.1, -0.05) is 88.4 Å². The lowest BCUT2D eigenvalue weighted by molar-refractivity contribution is 1.32. The second kappa shape index (κ2) is 10.6. The standard InChI is InChI=1S/C22H22.2C2H6/c1-15-9-5-7-11-19(15)21-13-14-22(18(4)17(21)3)20-12-8-6-10-16(20)2;2*1-2/h5-14H,1-4H3;2*1-2H3. The summed E-state index contributed by atoms with van der Waals surface area (Å²) in [6.07, 6.45) is 0. The van der Waals surface area contributed by atoms with Crippen molar-refractivity contribution in [2.75, 3.05) is 0 Å². The van der Waals surface area contributed by atoms with Crippen LogP contribution in [0.4, 0.5) is 0 Å². The normalized spacial score (nSPS) is 9.54. The van der Waals surface area contributed by atoms with Gasteiger partial charge >= 0.3 is 0 Å². The van der Waals surface area contributed by atoms with Gasteiger partial charge in [0.05, 0.1) is 0 Å². The van der Waals surface area contributed by atoms with E-state index < -0.39 is 0 Å². The fourth-order valence-corrected chi connectivity index (χ4v) is 3.15. The molecule has 3 aromatic rings. The molecule has 3 rings (SSSR count). The molecule has 0 heterocycles. The lowest BCUT2D eigenvalue weighted by atomic mass is 9.88. The van der Waals surface area contributed by atoms with Crippen molar-refractivity contribution in [3.05, 3.63) is 82.9 Å². The summed E-state index contributed by atoms with van der Waals surface area (Å²) in [6.45, 7) is 16.8. The summed E-state index contributed by atoms with van der Waals surface area (Å²) in [7, 11) is 0. The van der Waals surface area contributed by atoms with Crippen LogP contribution in [0.5, 0.6) is 0 Å². The summed E-state index contributed by atoms with van der Waals surface area (Å²) >= 11 is 0. The lowest BCUT2D eigenvalue weighted by Gasteiger charge is -2.16. The van der Waals surface area contributed by atoms with Crippen molar-refractivity contribution in [3.8, 4) is 22.3 Å². The highest BCUT2D eigenvalue weighted by Crippen LogP contribution is 2.34. The fourth-order valence-electron chi connectivity index (χ4n) is 3.15. The third-order valence-corrected chi connectivity index (χ3v) is 4.66. The predicted octanol–water partition coefficient (Wildman–Crippen LogP) is 8.31. The van der Waals surface area contributed by atoms with Gasteiger partial charge < -0.3 is 0 Å². The van der Waals surface area contributed by atoms with E-state index in [1.165, 1.54) is 44.5 Å². The molecule has 0 aliphatic rings. The maximum atomic E-state index is 2.27. The van der Waals surface area contributed by atoms with E-state index in [2.05, 4.69) is 88.4 Å². The Morgan fingerprint density at radius 1 is 0.385 bits per heavy atom. The van der Waals surface area contributed by atoms with Gasteiger partial charge in [-0.3, -0.25) is 0 Å². The van der Waals surface area contributed by atoms with Crippen LogP contribution in [-0.4, -0.2) is 0 Å². The van der Waals surface area contributed by atoms with Gasteiger partial charge in [0, 0.05) is 0 Å². The first-order valence-electron chi connectivity index (χ1n) is 9.82. The lowest BCUT2D eigenvalue weighted by Crippen LogP contribution is -1.94. The van der Waals surface area contributed by atoms with Gasteiger partial charge in [0.15, 0.2) is 0 Å². The van der Waals surface area contributed by atoms with Crippen LogP contribution in [0.2, 0.25) is 0 Å². The second-order valence-electron chi connectivity index (χ2n) is 6.04. The molecule has 0 aliphatic carbocycles. The average molecular weight is 347 g/mol. The molecule has 138 valence electrons. The Labute approximate surface area is 160 Å². The quantitative estimate of drug-likeness (QED) is 0.437. The minimum Gasteiger partial charge on any atom is -0.0683 e. The second-order valence-corrected chi connectivity index (χ2v) is 6.04. The Morgan fingerprint density at radius 3 is 1.00 bits per heavy atom. The zero-order chi connectivity index (χ0) is 19.7. The number of rotatable bonds is 2. The van der Waals surface area contributed by atoms with E-state index in [9.17, 15) is 0 Å². The number of aryl methyl sites for hydroxylation is 2. The smallest absolute Gasteiger partial charge is 0.0149 e. The summed E-state index contributed by atoms with van der Waals surface area (Å²) in [5.74, 6) is 0. The highest BCUT2D eigenvalue weighted by atomic mass is 14.2. The van der Waals surface area contributed by atoms with Crippen LogP contribution < -0.4 is 0 Å². The minimum atomic E-state index is 1.33. The van der Waals surface area contributed by atoms with Crippen molar-refractivity contribution in [1.82, 2.24) is 0 Å². The zero-order valence-electron chi connectivity index (χ0n) is 17.8. The molecule has 0 fully saturated rings. The van der Waals surface area contributed by atoms with Crippen LogP contribution in [-0.2, 0) is 0 Å². The topological polar surface area (TPSA) is 0 Å². The van der Waals surface area contributed by atoms with E-state index in [4.69, 9.17) is 0 Å². The molecule has 0 radical (unpaired) electrons. The summed E-state index contributed by atoms with van der Waals surface area (Å²) in [4.78, 5) is 0. The van der Waals surface area contributed by atoms with Gasteiger partial charge in [-0.25, -0.2) is 0 Å². The van der Waals surface area contributed by atoms with E-state index in [-0.39, 0.29) is 0 Å². The van der Waals surface area contributed by atoms with Crippen LogP contribution >= 0.6 is 0 Å². The van der Waals surface area contributed by atoms with E-state index in [0.29, 0.717) is 0 Å². The minimum absolute atomic E-state index is 1.33.